The molecule has 1 aliphatic rings. The zero-order chi connectivity index (χ0) is 13.1. The molecule has 1 saturated carbocycles. The van der Waals surface area contributed by atoms with E-state index in [1.807, 2.05) is 0 Å². The number of aliphatic imine (C=N–C) groups is 1. The van der Waals surface area contributed by atoms with Crippen LogP contribution < -0.4 is 10.6 Å². The van der Waals surface area contributed by atoms with Gasteiger partial charge in [0.05, 0.1) is 0 Å². The summed E-state index contributed by atoms with van der Waals surface area (Å²) in [5.41, 5.74) is 0.761. The van der Waals surface area contributed by atoms with Gasteiger partial charge in [0.15, 0.2) is 17.5 Å². The fraction of sp³-hybridized carbons (Fsp3) is 0.462. The summed E-state index contributed by atoms with van der Waals surface area (Å²) in [7, 11) is 1.71. The van der Waals surface area contributed by atoms with Gasteiger partial charge in [0.25, 0.3) is 0 Å². The summed E-state index contributed by atoms with van der Waals surface area (Å²) in [5.74, 6) is 0.480. The van der Waals surface area contributed by atoms with Crippen molar-refractivity contribution in [3.05, 3.63) is 29.6 Å². The summed E-state index contributed by atoms with van der Waals surface area (Å²) in [6.07, 6.45) is 1.16. The smallest absolute Gasteiger partial charge is 0.191 e. The van der Waals surface area contributed by atoms with Crippen LogP contribution in [-0.4, -0.2) is 24.2 Å². The van der Waals surface area contributed by atoms with E-state index in [4.69, 9.17) is 5.11 Å². The zero-order valence-corrected chi connectivity index (χ0v) is 13.3. The van der Waals surface area contributed by atoms with Crippen molar-refractivity contribution >= 4 is 29.9 Å². The third kappa shape index (κ3) is 4.52. The van der Waals surface area contributed by atoms with Crippen molar-refractivity contribution < 1.29 is 9.50 Å². The Hall–Kier alpha value is -1.05. The molecule has 1 fully saturated rings. The minimum atomic E-state index is -0.604. The van der Waals surface area contributed by atoms with Crippen LogP contribution in [0.15, 0.2) is 23.2 Å². The molecule has 2 atom stereocenters. The molecule has 0 heterocycles. The standard InChI is InChI=1S/C13H18FN3O.HI/c1-8-5-11(8)17-13(15-2)16-7-9-3-4-12(18)10(14)6-9;/h3-4,6,8,11,18H,5,7H2,1-2H3,(H2,15,16,17);1H. The van der Waals surface area contributed by atoms with Gasteiger partial charge in [-0.25, -0.2) is 4.39 Å². The van der Waals surface area contributed by atoms with Gasteiger partial charge in [-0.05, 0) is 30.0 Å². The summed E-state index contributed by atoms with van der Waals surface area (Å²) in [6.45, 7) is 2.65. The topological polar surface area (TPSA) is 56.7 Å². The first-order valence-electron chi connectivity index (χ1n) is 6.04. The van der Waals surface area contributed by atoms with E-state index in [2.05, 4.69) is 22.5 Å². The first-order chi connectivity index (χ1) is 8.60. The molecule has 1 aromatic rings. The maximum atomic E-state index is 13.1. The minimum absolute atomic E-state index is 0. The Bertz CT molecular complexity index is 467. The normalized spacial score (nSPS) is 21.5. The lowest BCUT2D eigenvalue weighted by atomic mass is 10.2. The first kappa shape index (κ1) is 16.0. The first-order valence-corrected chi connectivity index (χ1v) is 6.04. The van der Waals surface area contributed by atoms with Crippen LogP contribution in [0.2, 0.25) is 0 Å². The maximum Gasteiger partial charge on any atom is 0.191 e. The third-order valence-corrected chi connectivity index (χ3v) is 3.13. The van der Waals surface area contributed by atoms with E-state index in [1.54, 1.807) is 13.1 Å². The number of phenols is 1. The third-order valence-electron chi connectivity index (χ3n) is 3.13. The van der Waals surface area contributed by atoms with E-state index in [0.29, 0.717) is 18.5 Å². The van der Waals surface area contributed by atoms with Crippen LogP contribution in [0.3, 0.4) is 0 Å². The highest BCUT2D eigenvalue weighted by molar-refractivity contribution is 14.0. The van der Waals surface area contributed by atoms with Crippen molar-refractivity contribution in [2.45, 2.75) is 25.9 Å². The van der Waals surface area contributed by atoms with Crippen LogP contribution in [0.5, 0.6) is 5.75 Å². The van der Waals surface area contributed by atoms with Crippen molar-refractivity contribution in [3.8, 4) is 5.75 Å². The average molecular weight is 379 g/mol. The van der Waals surface area contributed by atoms with Crippen molar-refractivity contribution in [3.63, 3.8) is 0 Å². The lowest BCUT2D eigenvalue weighted by molar-refractivity contribution is 0.431. The van der Waals surface area contributed by atoms with Gasteiger partial charge >= 0.3 is 0 Å². The Morgan fingerprint density at radius 1 is 1.53 bits per heavy atom. The van der Waals surface area contributed by atoms with E-state index >= 15 is 0 Å². The van der Waals surface area contributed by atoms with E-state index < -0.39 is 5.82 Å². The molecule has 0 bridgehead atoms. The number of aromatic hydroxyl groups is 1. The molecule has 0 aliphatic heterocycles. The molecule has 0 saturated heterocycles. The molecule has 1 aliphatic carbocycles. The second kappa shape index (κ2) is 6.93. The van der Waals surface area contributed by atoms with Gasteiger partial charge in [0, 0.05) is 19.6 Å². The Kier molecular flexibility index (Phi) is 5.84. The Morgan fingerprint density at radius 3 is 2.74 bits per heavy atom. The Labute approximate surface area is 129 Å². The van der Waals surface area contributed by atoms with Gasteiger partial charge in [-0.3, -0.25) is 4.99 Å². The molecule has 19 heavy (non-hydrogen) atoms. The Balaban J connectivity index is 0.00000180. The molecule has 3 N–H and O–H groups in total. The van der Waals surface area contributed by atoms with E-state index in [1.165, 1.54) is 12.1 Å². The number of rotatable bonds is 3. The fourth-order valence-corrected chi connectivity index (χ4v) is 1.74. The lowest BCUT2D eigenvalue weighted by Gasteiger charge is -2.11. The number of nitrogens with one attached hydrogen (secondary N) is 2. The molecule has 0 spiro atoms. The van der Waals surface area contributed by atoms with Crippen molar-refractivity contribution in [2.75, 3.05) is 7.05 Å². The summed E-state index contributed by atoms with van der Waals surface area (Å²) < 4.78 is 13.1. The molecule has 6 heteroatoms. The minimum Gasteiger partial charge on any atom is -0.505 e. The highest BCUT2D eigenvalue weighted by Crippen LogP contribution is 2.28. The van der Waals surface area contributed by atoms with Crippen molar-refractivity contribution in [1.82, 2.24) is 10.6 Å². The quantitative estimate of drug-likeness (QED) is 0.429. The molecular weight excluding hydrogens is 360 g/mol. The number of hydrogen-bond donors (Lipinski definition) is 3. The van der Waals surface area contributed by atoms with Crippen LogP contribution in [0.1, 0.15) is 18.9 Å². The second-order valence-corrected chi connectivity index (χ2v) is 4.68. The largest absolute Gasteiger partial charge is 0.505 e. The number of guanidine groups is 1. The van der Waals surface area contributed by atoms with Gasteiger partial charge in [-0.1, -0.05) is 13.0 Å². The molecular formula is C13H19FIN3O. The van der Waals surface area contributed by atoms with Gasteiger partial charge < -0.3 is 15.7 Å². The number of benzene rings is 1. The van der Waals surface area contributed by atoms with E-state index in [9.17, 15) is 4.39 Å². The molecule has 4 nitrogen and oxygen atoms in total. The number of halogens is 2. The highest BCUT2D eigenvalue weighted by atomic mass is 127. The number of hydrogen-bond acceptors (Lipinski definition) is 2. The molecule has 2 rings (SSSR count). The van der Waals surface area contributed by atoms with Gasteiger partial charge in [-0.2, -0.15) is 0 Å². The molecule has 2 unspecified atom stereocenters. The molecule has 1 aromatic carbocycles. The monoisotopic (exact) mass is 379 g/mol. The lowest BCUT2D eigenvalue weighted by Crippen LogP contribution is -2.38. The predicted octanol–water partition coefficient (Wildman–Crippen LogP) is 2.22. The molecule has 0 amide bonds. The number of nitrogens with zero attached hydrogens (tertiary/aromatic N) is 1. The average Bonchev–Trinajstić information content (AvgIpc) is 3.04. The SMILES string of the molecule is CN=C(NCc1ccc(O)c(F)c1)NC1CC1C.I. The van der Waals surface area contributed by atoms with E-state index in [0.717, 1.165) is 17.9 Å². The van der Waals surface area contributed by atoms with Gasteiger partial charge in [0.2, 0.25) is 0 Å². The van der Waals surface area contributed by atoms with Crippen LogP contribution in [0.4, 0.5) is 4.39 Å². The van der Waals surface area contributed by atoms with Crippen LogP contribution in [-0.2, 0) is 6.54 Å². The van der Waals surface area contributed by atoms with Crippen molar-refractivity contribution in [1.29, 1.82) is 0 Å². The molecule has 106 valence electrons. The van der Waals surface area contributed by atoms with E-state index in [-0.39, 0.29) is 29.7 Å². The van der Waals surface area contributed by atoms with Crippen LogP contribution in [0.25, 0.3) is 0 Å². The van der Waals surface area contributed by atoms with Crippen molar-refractivity contribution in [2.24, 2.45) is 10.9 Å². The second-order valence-electron chi connectivity index (χ2n) is 4.68. The summed E-state index contributed by atoms with van der Waals surface area (Å²) in [5, 5.41) is 15.5. The summed E-state index contributed by atoms with van der Waals surface area (Å²) in [4.78, 5) is 4.11. The summed E-state index contributed by atoms with van der Waals surface area (Å²) in [6, 6.07) is 4.84. The van der Waals surface area contributed by atoms with Crippen LogP contribution >= 0.6 is 24.0 Å². The number of phenolic OH excluding ortho intramolecular Hbond substituents is 1. The zero-order valence-electron chi connectivity index (χ0n) is 11.0. The molecule has 0 radical (unpaired) electrons. The molecule has 0 aromatic heterocycles. The van der Waals surface area contributed by atoms with Gasteiger partial charge in [0.1, 0.15) is 0 Å². The highest BCUT2D eigenvalue weighted by Gasteiger charge is 2.33. The maximum absolute atomic E-state index is 13.1. The summed E-state index contributed by atoms with van der Waals surface area (Å²) >= 11 is 0. The fourth-order valence-electron chi connectivity index (χ4n) is 1.74. The van der Waals surface area contributed by atoms with Crippen LogP contribution in [0, 0.1) is 11.7 Å². The Morgan fingerprint density at radius 2 is 2.21 bits per heavy atom. The van der Waals surface area contributed by atoms with Gasteiger partial charge in [-0.15, -0.1) is 24.0 Å². The predicted molar refractivity (Wildman–Crippen MR) is 84.4 cm³/mol.